The Kier molecular flexibility index (Phi) is 3.41. The summed E-state index contributed by atoms with van der Waals surface area (Å²) in [7, 11) is 1.09. The topological polar surface area (TPSA) is 26.3 Å². The Morgan fingerprint density at radius 3 is 2.64 bits per heavy atom. The maximum Gasteiger partial charge on any atom is 0.340 e. The molecule has 0 aromatic heterocycles. The molecule has 2 nitrogen and oxygen atoms in total. The minimum Gasteiger partial charge on any atom is -0.465 e. The molecule has 0 fully saturated rings. The summed E-state index contributed by atoms with van der Waals surface area (Å²) in [5, 5.41) is 0. The fourth-order valence-corrected chi connectivity index (χ4v) is 1.14. The van der Waals surface area contributed by atoms with Gasteiger partial charge in [-0.15, -0.1) is 11.6 Å². The molecule has 0 atom stereocenters. The molecule has 0 saturated heterocycles. The van der Waals surface area contributed by atoms with Crippen LogP contribution in [0.4, 0.5) is 8.78 Å². The second kappa shape index (κ2) is 4.37. The Hall–Kier alpha value is -1.16. The van der Waals surface area contributed by atoms with Gasteiger partial charge in [0.2, 0.25) is 0 Å². The first kappa shape index (κ1) is 10.9. The molecule has 76 valence electrons. The quantitative estimate of drug-likeness (QED) is 0.565. The van der Waals surface area contributed by atoms with Crippen LogP contribution < -0.4 is 0 Å². The summed E-state index contributed by atoms with van der Waals surface area (Å²) in [6, 6.07) is 2.10. The molecular formula is C9H7ClF2O2. The van der Waals surface area contributed by atoms with E-state index in [1.807, 2.05) is 0 Å². The van der Waals surface area contributed by atoms with Gasteiger partial charge in [0.05, 0.1) is 12.7 Å². The molecule has 5 heteroatoms. The third-order valence-electron chi connectivity index (χ3n) is 1.65. The van der Waals surface area contributed by atoms with Gasteiger partial charge in [0, 0.05) is 5.88 Å². The highest BCUT2D eigenvalue weighted by Crippen LogP contribution is 2.17. The van der Waals surface area contributed by atoms with Crippen LogP contribution >= 0.6 is 11.6 Å². The van der Waals surface area contributed by atoms with Crippen LogP contribution in [0.25, 0.3) is 0 Å². The average molecular weight is 221 g/mol. The lowest BCUT2D eigenvalue weighted by atomic mass is 10.1. The van der Waals surface area contributed by atoms with Crippen LogP contribution in [0.5, 0.6) is 0 Å². The van der Waals surface area contributed by atoms with Gasteiger partial charge in [0.1, 0.15) is 0 Å². The monoisotopic (exact) mass is 220 g/mol. The van der Waals surface area contributed by atoms with Gasteiger partial charge in [0.15, 0.2) is 11.6 Å². The molecule has 1 aromatic rings. The number of rotatable bonds is 2. The minimum absolute atomic E-state index is 0.00118. The van der Waals surface area contributed by atoms with Crippen molar-refractivity contribution in [1.82, 2.24) is 0 Å². The number of halogens is 3. The predicted molar refractivity (Wildman–Crippen MR) is 47.3 cm³/mol. The summed E-state index contributed by atoms with van der Waals surface area (Å²) < 4.78 is 30.2. The van der Waals surface area contributed by atoms with Crippen LogP contribution in [-0.2, 0) is 10.6 Å². The minimum atomic E-state index is -1.22. The van der Waals surface area contributed by atoms with Crippen molar-refractivity contribution in [1.29, 1.82) is 0 Å². The van der Waals surface area contributed by atoms with E-state index < -0.39 is 23.2 Å². The first-order valence-corrected chi connectivity index (χ1v) is 4.25. The smallest absolute Gasteiger partial charge is 0.340 e. The van der Waals surface area contributed by atoms with E-state index in [0.29, 0.717) is 5.56 Å². The van der Waals surface area contributed by atoms with E-state index in [1.165, 1.54) is 0 Å². The number of carbonyl (C=O) groups is 1. The van der Waals surface area contributed by atoms with Crippen LogP contribution in [0.15, 0.2) is 12.1 Å². The van der Waals surface area contributed by atoms with E-state index >= 15 is 0 Å². The summed E-state index contributed by atoms with van der Waals surface area (Å²) in [6.45, 7) is 0. The molecule has 0 aliphatic heterocycles. The number of hydrogen-bond donors (Lipinski definition) is 0. The van der Waals surface area contributed by atoms with Gasteiger partial charge < -0.3 is 4.74 Å². The first-order chi connectivity index (χ1) is 6.60. The van der Waals surface area contributed by atoms with Crippen molar-refractivity contribution in [2.75, 3.05) is 7.11 Å². The number of benzene rings is 1. The summed E-state index contributed by atoms with van der Waals surface area (Å²) in [5.41, 5.74) is -0.117. The van der Waals surface area contributed by atoms with Crippen molar-refractivity contribution in [3.63, 3.8) is 0 Å². The summed E-state index contributed by atoms with van der Waals surface area (Å²) >= 11 is 5.43. The van der Waals surface area contributed by atoms with E-state index in [4.69, 9.17) is 11.6 Å². The van der Waals surface area contributed by atoms with Crippen molar-refractivity contribution in [3.05, 3.63) is 34.9 Å². The Balaban J connectivity index is 3.27. The fourth-order valence-electron chi connectivity index (χ4n) is 0.981. The number of carbonyl (C=O) groups excluding carboxylic acids is 1. The lowest BCUT2D eigenvalue weighted by molar-refractivity contribution is 0.0594. The fraction of sp³-hybridized carbons (Fsp3) is 0.222. The Bertz CT molecular complexity index is 366. The molecule has 0 aliphatic rings. The molecule has 1 aromatic carbocycles. The molecule has 0 saturated carbocycles. The molecule has 0 heterocycles. The SMILES string of the molecule is COC(=O)c1cc(CCl)cc(F)c1F. The van der Waals surface area contributed by atoms with E-state index in [9.17, 15) is 13.6 Å². The second-order valence-electron chi connectivity index (χ2n) is 2.56. The molecular weight excluding hydrogens is 214 g/mol. The number of esters is 1. The molecule has 0 N–H and O–H groups in total. The van der Waals surface area contributed by atoms with Crippen molar-refractivity contribution >= 4 is 17.6 Å². The largest absolute Gasteiger partial charge is 0.465 e. The zero-order valence-electron chi connectivity index (χ0n) is 7.31. The molecule has 0 aliphatic carbocycles. The van der Waals surface area contributed by atoms with Crippen LogP contribution in [0.1, 0.15) is 15.9 Å². The van der Waals surface area contributed by atoms with Crippen LogP contribution in [0, 0.1) is 11.6 Å². The molecule has 14 heavy (non-hydrogen) atoms. The number of methoxy groups -OCH3 is 1. The number of ether oxygens (including phenoxy) is 1. The highest BCUT2D eigenvalue weighted by molar-refractivity contribution is 6.17. The van der Waals surface area contributed by atoms with Crippen LogP contribution in [-0.4, -0.2) is 13.1 Å². The maximum atomic E-state index is 13.0. The molecule has 0 bridgehead atoms. The molecule has 1 rings (SSSR count). The van der Waals surface area contributed by atoms with E-state index in [1.54, 1.807) is 0 Å². The highest BCUT2D eigenvalue weighted by Gasteiger charge is 2.17. The van der Waals surface area contributed by atoms with Gasteiger partial charge in [-0.3, -0.25) is 0 Å². The normalized spacial score (nSPS) is 10.0. The van der Waals surface area contributed by atoms with Gasteiger partial charge in [-0.25, -0.2) is 13.6 Å². The van der Waals surface area contributed by atoms with Gasteiger partial charge in [-0.1, -0.05) is 0 Å². The second-order valence-corrected chi connectivity index (χ2v) is 2.83. The lowest BCUT2D eigenvalue weighted by Gasteiger charge is -2.04. The van der Waals surface area contributed by atoms with Crippen molar-refractivity contribution in [2.45, 2.75) is 5.88 Å². The van der Waals surface area contributed by atoms with Gasteiger partial charge >= 0.3 is 5.97 Å². The summed E-state index contributed by atoms with van der Waals surface area (Å²) in [6.07, 6.45) is 0. The van der Waals surface area contributed by atoms with Crippen LogP contribution in [0.2, 0.25) is 0 Å². The summed E-state index contributed by atoms with van der Waals surface area (Å²) in [4.78, 5) is 11.0. The number of alkyl halides is 1. The predicted octanol–water partition coefficient (Wildman–Crippen LogP) is 2.49. The van der Waals surface area contributed by atoms with Crippen molar-refractivity contribution < 1.29 is 18.3 Å². The standard InChI is InChI=1S/C9H7ClF2O2/c1-14-9(13)6-2-5(4-10)3-7(11)8(6)12/h2-3H,4H2,1H3. The summed E-state index contributed by atoms with van der Waals surface area (Å²) in [5.74, 6) is -3.25. The molecule has 0 amide bonds. The van der Waals surface area contributed by atoms with Crippen molar-refractivity contribution in [2.24, 2.45) is 0 Å². The number of hydrogen-bond acceptors (Lipinski definition) is 2. The lowest BCUT2D eigenvalue weighted by Crippen LogP contribution is -2.07. The van der Waals surface area contributed by atoms with E-state index in [2.05, 4.69) is 4.74 Å². The Morgan fingerprint density at radius 2 is 2.14 bits per heavy atom. The van der Waals surface area contributed by atoms with Gasteiger partial charge in [-0.05, 0) is 17.7 Å². The Morgan fingerprint density at radius 1 is 1.50 bits per heavy atom. The first-order valence-electron chi connectivity index (χ1n) is 3.72. The average Bonchev–Trinajstić information content (AvgIpc) is 2.20. The van der Waals surface area contributed by atoms with E-state index in [0.717, 1.165) is 19.2 Å². The molecule has 0 radical (unpaired) electrons. The van der Waals surface area contributed by atoms with E-state index in [-0.39, 0.29) is 5.88 Å². The van der Waals surface area contributed by atoms with Gasteiger partial charge in [0.25, 0.3) is 0 Å². The van der Waals surface area contributed by atoms with Crippen molar-refractivity contribution in [3.8, 4) is 0 Å². The zero-order valence-corrected chi connectivity index (χ0v) is 8.07. The maximum absolute atomic E-state index is 13.0. The zero-order chi connectivity index (χ0) is 10.7. The highest BCUT2D eigenvalue weighted by atomic mass is 35.5. The third kappa shape index (κ3) is 2.01. The molecule has 0 unspecified atom stereocenters. The third-order valence-corrected chi connectivity index (χ3v) is 1.96. The van der Waals surface area contributed by atoms with Crippen LogP contribution in [0.3, 0.4) is 0 Å². The Labute approximate surface area is 84.4 Å². The molecule has 0 spiro atoms. The van der Waals surface area contributed by atoms with Gasteiger partial charge in [-0.2, -0.15) is 0 Å².